The zero-order valence-corrected chi connectivity index (χ0v) is 12.1. The van der Waals surface area contributed by atoms with Gasteiger partial charge < -0.3 is 9.47 Å². The summed E-state index contributed by atoms with van der Waals surface area (Å²) in [7, 11) is 0. The smallest absolute Gasteiger partial charge is 0.331 e. The van der Waals surface area contributed by atoms with Crippen molar-refractivity contribution >= 4 is 11.9 Å². The number of allylic oxidation sites excluding steroid dienone is 2. The van der Waals surface area contributed by atoms with Crippen LogP contribution in [-0.4, -0.2) is 25.2 Å². The summed E-state index contributed by atoms with van der Waals surface area (Å²) in [5.41, 5.74) is 0.661. The van der Waals surface area contributed by atoms with E-state index in [-0.39, 0.29) is 11.9 Å². The molecule has 0 saturated carbocycles. The van der Waals surface area contributed by atoms with E-state index < -0.39 is 0 Å². The summed E-state index contributed by atoms with van der Waals surface area (Å²) in [5, 5.41) is 0. The Hall–Kier alpha value is -1.58. The second kappa shape index (κ2) is 11.5. The van der Waals surface area contributed by atoms with Crippen molar-refractivity contribution in [3.8, 4) is 0 Å². The Balaban J connectivity index is 4.01. The van der Waals surface area contributed by atoms with Crippen molar-refractivity contribution < 1.29 is 19.1 Å². The van der Waals surface area contributed by atoms with Crippen LogP contribution in [-0.2, 0) is 19.1 Å². The molecular weight excluding hydrogens is 244 g/mol. The maximum absolute atomic E-state index is 11.3. The van der Waals surface area contributed by atoms with Crippen LogP contribution in [0.3, 0.4) is 0 Å². The molecular formula is C15H24O4. The van der Waals surface area contributed by atoms with Gasteiger partial charge in [0.2, 0.25) is 0 Å². The van der Waals surface area contributed by atoms with Gasteiger partial charge in [-0.25, -0.2) is 9.59 Å². The SMILES string of the molecule is CCCCOC(=O)/C=C(C)\C=C\C(=O)OCCCC. The van der Waals surface area contributed by atoms with E-state index in [4.69, 9.17) is 9.47 Å². The number of esters is 2. The van der Waals surface area contributed by atoms with Gasteiger partial charge in [-0.05, 0) is 25.3 Å². The first-order valence-corrected chi connectivity index (χ1v) is 6.80. The molecule has 0 fully saturated rings. The average Bonchev–Trinajstić information content (AvgIpc) is 2.37. The molecule has 108 valence electrons. The molecule has 0 rings (SSSR count). The van der Waals surface area contributed by atoms with Gasteiger partial charge in [-0.3, -0.25) is 0 Å². The van der Waals surface area contributed by atoms with Gasteiger partial charge in [-0.1, -0.05) is 32.8 Å². The number of rotatable bonds is 9. The minimum atomic E-state index is -0.388. The third-order valence-corrected chi connectivity index (χ3v) is 2.31. The Kier molecular flexibility index (Phi) is 10.6. The highest BCUT2D eigenvalue weighted by atomic mass is 16.5. The molecule has 0 aliphatic carbocycles. The maximum Gasteiger partial charge on any atom is 0.331 e. The standard InChI is InChI=1S/C15H24O4/c1-4-6-10-18-14(16)9-8-13(3)12-15(17)19-11-7-5-2/h8-9,12H,4-7,10-11H2,1-3H3/b9-8+,13-12-. The maximum atomic E-state index is 11.3. The van der Waals surface area contributed by atoms with Crippen molar-refractivity contribution in [2.24, 2.45) is 0 Å². The highest BCUT2D eigenvalue weighted by Gasteiger charge is 1.99. The Labute approximate surface area is 115 Å². The predicted octanol–water partition coefficient (Wildman–Crippen LogP) is 3.18. The Morgan fingerprint density at radius 2 is 1.42 bits per heavy atom. The number of unbranched alkanes of at least 4 members (excludes halogenated alkanes) is 2. The molecule has 0 radical (unpaired) electrons. The number of hydrogen-bond acceptors (Lipinski definition) is 4. The van der Waals surface area contributed by atoms with E-state index in [0.717, 1.165) is 25.7 Å². The van der Waals surface area contributed by atoms with Gasteiger partial charge in [0.15, 0.2) is 0 Å². The molecule has 0 atom stereocenters. The van der Waals surface area contributed by atoms with E-state index in [2.05, 4.69) is 0 Å². The van der Waals surface area contributed by atoms with Crippen LogP contribution in [0.1, 0.15) is 46.5 Å². The van der Waals surface area contributed by atoms with Crippen molar-refractivity contribution in [3.05, 3.63) is 23.8 Å². The van der Waals surface area contributed by atoms with Gasteiger partial charge in [0.1, 0.15) is 0 Å². The van der Waals surface area contributed by atoms with Gasteiger partial charge in [-0.15, -0.1) is 0 Å². The molecule has 0 bridgehead atoms. The average molecular weight is 268 g/mol. The van der Waals surface area contributed by atoms with Gasteiger partial charge >= 0.3 is 11.9 Å². The molecule has 0 heterocycles. The highest BCUT2D eigenvalue weighted by Crippen LogP contribution is 1.99. The molecule has 0 spiro atoms. The van der Waals surface area contributed by atoms with Crippen LogP contribution in [0.4, 0.5) is 0 Å². The number of carbonyl (C=O) groups is 2. The highest BCUT2D eigenvalue weighted by molar-refractivity contribution is 5.85. The van der Waals surface area contributed by atoms with Crippen molar-refractivity contribution in [1.29, 1.82) is 0 Å². The molecule has 4 nitrogen and oxygen atoms in total. The molecule has 0 aromatic carbocycles. The van der Waals surface area contributed by atoms with Crippen molar-refractivity contribution in [1.82, 2.24) is 0 Å². The normalized spacial score (nSPS) is 11.6. The molecule has 19 heavy (non-hydrogen) atoms. The lowest BCUT2D eigenvalue weighted by Gasteiger charge is -2.00. The van der Waals surface area contributed by atoms with E-state index in [0.29, 0.717) is 18.8 Å². The zero-order valence-electron chi connectivity index (χ0n) is 12.1. The topological polar surface area (TPSA) is 52.6 Å². The van der Waals surface area contributed by atoms with E-state index in [1.807, 2.05) is 13.8 Å². The first kappa shape index (κ1) is 17.4. The predicted molar refractivity (Wildman–Crippen MR) is 74.6 cm³/mol. The molecule has 0 amide bonds. The monoisotopic (exact) mass is 268 g/mol. The third-order valence-electron chi connectivity index (χ3n) is 2.31. The summed E-state index contributed by atoms with van der Waals surface area (Å²) in [5.74, 6) is -0.768. The zero-order chi connectivity index (χ0) is 14.5. The van der Waals surface area contributed by atoms with Crippen LogP contribution < -0.4 is 0 Å². The second-order valence-electron chi connectivity index (χ2n) is 4.26. The largest absolute Gasteiger partial charge is 0.463 e. The van der Waals surface area contributed by atoms with Gasteiger partial charge in [0, 0.05) is 12.2 Å². The first-order valence-electron chi connectivity index (χ1n) is 6.80. The van der Waals surface area contributed by atoms with Crippen molar-refractivity contribution in [3.63, 3.8) is 0 Å². The van der Waals surface area contributed by atoms with Gasteiger partial charge in [0.25, 0.3) is 0 Å². The Bertz CT molecular complexity index is 329. The van der Waals surface area contributed by atoms with E-state index in [1.54, 1.807) is 13.0 Å². The molecule has 0 aromatic rings. The van der Waals surface area contributed by atoms with Crippen LogP contribution in [0.5, 0.6) is 0 Å². The third kappa shape index (κ3) is 11.3. The lowest BCUT2D eigenvalue weighted by atomic mass is 10.2. The molecule has 0 saturated heterocycles. The Morgan fingerprint density at radius 3 is 1.95 bits per heavy atom. The van der Waals surface area contributed by atoms with Crippen LogP contribution in [0, 0.1) is 0 Å². The molecule has 0 N–H and O–H groups in total. The van der Waals surface area contributed by atoms with Gasteiger partial charge in [0.05, 0.1) is 13.2 Å². The lowest BCUT2D eigenvalue weighted by molar-refractivity contribution is -0.138. The molecule has 0 aromatic heterocycles. The second-order valence-corrected chi connectivity index (χ2v) is 4.26. The number of carbonyl (C=O) groups excluding carboxylic acids is 2. The molecule has 0 aliphatic heterocycles. The summed E-state index contributed by atoms with van der Waals surface area (Å²) >= 11 is 0. The summed E-state index contributed by atoms with van der Waals surface area (Å²) in [6.45, 7) is 6.66. The quantitative estimate of drug-likeness (QED) is 0.279. The Morgan fingerprint density at radius 1 is 0.895 bits per heavy atom. The van der Waals surface area contributed by atoms with Crippen LogP contribution in [0.15, 0.2) is 23.8 Å². The fourth-order valence-corrected chi connectivity index (χ4v) is 1.16. The number of hydrogen-bond donors (Lipinski definition) is 0. The summed E-state index contributed by atoms with van der Waals surface area (Å²) in [6.07, 6.45) is 7.93. The van der Waals surface area contributed by atoms with E-state index >= 15 is 0 Å². The van der Waals surface area contributed by atoms with Crippen LogP contribution >= 0.6 is 0 Å². The summed E-state index contributed by atoms with van der Waals surface area (Å²) in [6, 6.07) is 0. The van der Waals surface area contributed by atoms with Crippen LogP contribution in [0.25, 0.3) is 0 Å². The minimum absolute atomic E-state index is 0.380. The van der Waals surface area contributed by atoms with Crippen molar-refractivity contribution in [2.45, 2.75) is 46.5 Å². The number of ether oxygens (including phenoxy) is 2. The van der Waals surface area contributed by atoms with Crippen LogP contribution in [0.2, 0.25) is 0 Å². The first-order chi connectivity index (χ1) is 9.10. The molecule has 0 unspecified atom stereocenters. The lowest BCUT2D eigenvalue weighted by Crippen LogP contribution is -2.03. The van der Waals surface area contributed by atoms with Gasteiger partial charge in [-0.2, -0.15) is 0 Å². The summed E-state index contributed by atoms with van der Waals surface area (Å²) < 4.78 is 9.92. The molecule has 4 heteroatoms. The fourth-order valence-electron chi connectivity index (χ4n) is 1.16. The summed E-state index contributed by atoms with van der Waals surface area (Å²) in [4.78, 5) is 22.6. The minimum Gasteiger partial charge on any atom is -0.463 e. The van der Waals surface area contributed by atoms with E-state index in [9.17, 15) is 9.59 Å². The van der Waals surface area contributed by atoms with E-state index in [1.165, 1.54) is 12.2 Å². The van der Waals surface area contributed by atoms with Crippen molar-refractivity contribution in [2.75, 3.05) is 13.2 Å². The fraction of sp³-hybridized carbons (Fsp3) is 0.600. The molecule has 0 aliphatic rings.